The topological polar surface area (TPSA) is 0 Å². The molecule has 0 amide bonds. The first-order valence-corrected chi connectivity index (χ1v) is 11.6. The van der Waals surface area contributed by atoms with Gasteiger partial charge in [0.1, 0.15) is 0 Å². The van der Waals surface area contributed by atoms with Crippen molar-refractivity contribution < 1.29 is 9.46 Å². The summed E-state index contributed by atoms with van der Waals surface area (Å²) in [4.78, 5) is 0. The molecule has 0 aliphatic heterocycles. The second-order valence-corrected chi connectivity index (χ2v) is 26.3. The van der Waals surface area contributed by atoms with Gasteiger partial charge >= 0.3 is 55.4 Å². The molecule has 5 heavy (non-hydrogen) atoms. The molecular weight excluding hydrogens is 337 g/mol. The molecule has 40 valence electrons. The average Bonchev–Trinajstić information content (AvgIpc) is 0.722. The Morgan fingerprint density at radius 2 is 1.20 bits per heavy atom. The van der Waals surface area contributed by atoms with Crippen LogP contribution in [0.2, 0.25) is 0 Å². The number of hydrogen-bond acceptors (Lipinski definition) is 0. The summed E-state index contributed by atoms with van der Waals surface area (Å²) in [5.74, 6) is 0. The van der Waals surface area contributed by atoms with Gasteiger partial charge < -0.3 is 0 Å². The first kappa shape index (κ1) is 7.20. The minimum atomic E-state index is -2.13. The number of rotatable bonds is 0. The second-order valence-electron chi connectivity index (χ2n) is 0.271. The molecule has 0 heterocycles. The van der Waals surface area contributed by atoms with Crippen molar-refractivity contribution in [2.45, 2.75) is 0 Å². The predicted octanol–water partition coefficient (Wildman–Crippen LogP) is 3.07. The molecule has 0 atom stereocenters. The molecule has 0 aromatic heterocycles. The molecule has 0 N–H and O–H groups in total. The fraction of sp³-hybridized carbons (Fsp3) is 0. The van der Waals surface area contributed by atoms with Crippen molar-refractivity contribution in [3.05, 3.63) is 0 Å². The van der Waals surface area contributed by atoms with E-state index < -0.39 is 9.46 Å². The van der Waals surface area contributed by atoms with Gasteiger partial charge in [0.25, 0.3) is 0 Å². The zero-order valence-electron chi connectivity index (χ0n) is 1.83. The Morgan fingerprint density at radius 1 is 1.20 bits per heavy atom. The van der Waals surface area contributed by atoms with Gasteiger partial charge in [-0.2, -0.15) is 0 Å². The van der Waals surface area contributed by atoms with Gasteiger partial charge in [0.15, 0.2) is 0 Å². The summed E-state index contributed by atoms with van der Waals surface area (Å²) in [6, 6.07) is 0. The van der Waals surface area contributed by atoms with E-state index in [1.165, 1.54) is 0 Å². The van der Waals surface area contributed by atoms with Crippen LogP contribution in [0.15, 0.2) is 0 Å². The van der Waals surface area contributed by atoms with Gasteiger partial charge in [-0.05, 0) is 0 Å². The SMILES string of the molecule is [Cl][Pd-2]([Cl])([Br])[Br]. The molecule has 0 bridgehead atoms. The summed E-state index contributed by atoms with van der Waals surface area (Å²) in [6.07, 6.45) is 0. The Labute approximate surface area is 54.7 Å². The van der Waals surface area contributed by atoms with E-state index in [4.69, 9.17) is 19.1 Å². The molecule has 0 nitrogen and oxygen atoms in total. The molecule has 0 saturated carbocycles. The Kier molecular flexibility index (Phi) is 3.59. The Balaban J connectivity index is 3.02. The van der Waals surface area contributed by atoms with Gasteiger partial charge in [-0.3, -0.25) is 0 Å². The van der Waals surface area contributed by atoms with Crippen molar-refractivity contribution in [1.29, 1.82) is 0 Å². The molecule has 0 radical (unpaired) electrons. The summed E-state index contributed by atoms with van der Waals surface area (Å²) in [6.45, 7) is 0. The Bertz CT molecular complexity index is 23.1. The van der Waals surface area contributed by atoms with Crippen molar-refractivity contribution in [1.82, 2.24) is 0 Å². The first-order valence-electron chi connectivity index (χ1n) is 0.478. The fourth-order valence-corrected chi connectivity index (χ4v) is 0. The predicted molar refractivity (Wildman–Crippen MR) is 29.6 cm³/mol. The maximum absolute atomic E-state index is 5.28. The fourth-order valence-electron chi connectivity index (χ4n) is 0. The van der Waals surface area contributed by atoms with Gasteiger partial charge in [-0.1, -0.05) is 0 Å². The van der Waals surface area contributed by atoms with Gasteiger partial charge in [0.05, 0.1) is 0 Å². The van der Waals surface area contributed by atoms with E-state index in [0.717, 1.165) is 0 Å². The zero-order chi connectivity index (χ0) is 4.50. The minimum absolute atomic E-state index is 2.13. The summed E-state index contributed by atoms with van der Waals surface area (Å²) >= 11 is 5.95. The Morgan fingerprint density at radius 3 is 1.20 bits per heavy atom. The van der Waals surface area contributed by atoms with Crippen LogP contribution in [-0.2, 0) is 9.46 Å². The molecule has 0 aromatic carbocycles. The van der Waals surface area contributed by atoms with E-state index in [0.29, 0.717) is 0 Å². The van der Waals surface area contributed by atoms with Crippen LogP contribution in [0.5, 0.6) is 0 Å². The first-order chi connectivity index (χ1) is 2.00. The number of halogens is 4. The van der Waals surface area contributed by atoms with E-state index in [1.807, 2.05) is 0 Å². The van der Waals surface area contributed by atoms with Crippen molar-refractivity contribution in [3.8, 4) is 0 Å². The summed E-state index contributed by atoms with van der Waals surface area (Å²) in [5.41, 5.74) is 0. The van der Waals surface area contributed by atoms with Crippen LogP contribution in [0.25, 0.3) is 0 Å². The third-order valence-corrected chi connectivity index (χ3v) is 0. The third kappa shape index (κ3) is 22.6. The molecule has 0 rings (SSSR count). The van der Waals surface area contributed by atoms with Crippen molar-refractivity contribution >= 4 is 45.9 Å². The average molecular weight is 337 g/mol. The second kappa shape index (κ2) is 2.50. The molecule has 0 saturated heterocycles. The molecule has 0 unspecified atom stereocenters. The molecule has 0 aliphatic carbocycles. The Hall–Kier alpha value is 2.20. The van der Waals surface area contributed by atoms with Crippen LogP contribution in [0.3, 0.4) is 0 Å². The summed E-state index contributed by atoms with van der Waals surface area (Å²) in [5, 5.41) is 0. The third-order valence-electron chi connectivity index (χ3n) is 0. The molecule has 0 fully saturated rings. The van der Waals surface area contributed by atoms with Crippen LogP contribution in [0, 0.1) is 0 Å². The van der Waals surface area contributed by atoms with Crippen LogP contribution >= 0.6 is 45.9 Å². The standard InChI is InChI=1S/2BrH.2ClH.Pd/h4*1H;/q;;;;+2/p-4. The molecule has 0 aromatic rings. The van der Waals surface area contributed by atoms with E-state index in [1.54, 1.807) is 0 Å². The van der Waals surface area contributed by atoms with Crippen LogP contribution < -0.4 is 0 Å². The van der Waals surface area contributed by atoms with Gasteiger partial charge in [-0.25, -0.2) is 0 Å². The van der Waals surface area contributed by atoms with Crippen LogP contribution in [0.1, 0.15) is 0 Å². The van der Waals surface area contributed by atoms with E-state index in [-0.39, 0.29) is 0 Å². The van der Waals surface area contributed by atoms with Gasteiger partial charge in [0.2, 0.25) is 0 Å². The quantitative estimate of drug-likeness (QED) is 0.596. The monoisotopic (exact) mass is 334 g/mol. The van der Waals surface area contributed by atoms with Crippen LogP contribution in [-0.4, -0.2) is 0 Å². The van der Waals surface area contributed by atoms with Crippen molar-refractivity contribution in [3.63, 3.8) is 0 Å². The van der Waals surface area contributed by atoms with Crippen LogP contribution in [0.4, 0.5) is 0 Å². The normalized spacial score (nSPS) is 15.2. The molecule has 0 spiro atoms. The molecular formula is Br2Cl2Pd-2. The summed E-state index contributed by atoms with van der Waals surface area (Å²) in [7, 11) is 8.43. The van der Waals surface area contributed by atoms with Gasteiger partial charge in [-0.15, -0.1) is 0 Å². The molecule has 5 heteroatoms. The van der Waals surface area contributed by atoms with Crippen molar-refractivity contribution in [2.75, 3.05) is 0 Å². The zero-order valence-corrected chi connectivity index (χ0v) is 8.07. The molecule has 0 aliphatic rings. The van der Waals surface area contributed by atoms with Crippen molar-refractivity contribution in [2.24, 2.45) is 0 Å². The van der Waals surface area contributed by atoms with Gasteiger partial charge in [0, 0.05) is 0 Å². The maximum atomic E-state index is 5.28. The summed E-state index contributed by atoms with van der Waals surface area (Å²) < 4.78 is 0. The van der Waals surface area contributed by atoms with E-state index in [2.05, 4.69) is 26.9 Å². The number of hydrogen-bond donors (Lipinski definition) is 0. The van der Waals surface area contributed by atoms with E-state index >= 15 is 0 Å². The van der Waals surface area contributed by atoms with E-state index in [9.17, 15) is 0 Å².